The molecule has 0 aliphatic carbocycles. The lowest BCUT2D eigenvalue weighted by Gasteiger charge is -2.31. The van der Waals surface area contributed by atoms with Gasteiger partial charge in [0, 0.05) is 5.88 Å². The van der Waals surface area contributed by atoms with Crippen LogP contribution in [0.4, 0.5) is 0 Å². The van der Waals surface area contributed by atoms with E-state index < -0.39 is 5.60 Å². The quantitative estimate of drug-likeness (QED) is 0.776. The van der Waals surface area contributed by atoms with Crippen LogP contribution in [-0.2, 0) is 5.60 Å². The summed E-state index contributed by atoms with van der Waals surface area (Å²) in [6, 6.07) is 9.86. The van der Waals surface area contributed by atoms with E-state index in [0.717, 1.165) is 18.4 Å². The highest BCUT2D eigenvalue weighted by Crippen LogP contribution is 2.34. The molecule has 1 nitrogen and oxygen atoms in total. The Balaban J connectivity index is 2.82. The molecule has 0 heterocycles. The molecular formula is C15H23ClO. The number of aliphatic hydroxyl groups is 1. The first-order chi connectivity index (χ1) is 7.87. The minimum atomic E-state index is -0.781. The fraction of sp³-hybridized carbons (Fsp3) is 0.600. The van der Waals surface area contributed by atoms with Gasteiger partial charge in [-0.1, -0.05) is 51.1 Å². The van der Waals surface area contributed by atoms with Gasteiger partial charge in [-0.05, 0) is 30.2 Å². The van der Waals surface area contributed by atoms with E-state index in [1.165, 1.54) is 0 Å². The van der Waals surface area contributed by atoms with E-state index in [9.17, 15) is 5.11 Å². The highest BCUT2D eigenvalue weighted by molar-refractivity contribution is 6.17. The lowest BCUT2D eigenvalue weighted by atomic mass is 9.80. The van der Waals surface area contributed by atoms with Gasteiger partial charge in [0.15, 0.2) is 0 Å². The molecule has 0 aromatic heterocycles. The molecule has 1 N–H and O–H groups in total. The van der Waals surface area contributed by atoms with Crippen molar-refractivity contribution in [1.82, 2.24) is 0 Å². The Labute approximate surface area is 110 Å². The van der Waals surface area contributed by atoms with Gasteiger partial charge in [-0.3, -0.25) is 0 Å². The van der Waals surface area contributed by atoms with E-state index >= 15 is 0 Å². The fourth-order valence-electron chi connectivity index (χ4n) is 1.90. The third-order valence-corrected chi connectivity index (χ3v) is 3.30. The zero-order valence-corrected chi connectivity index (χ0v) is 11.8. The SMILES string of the molecule is CC(C)(C)CCC(O)(CCCl)c1ccccc1. The topological polar surface area (TPSA) is 20.2 Å². The van der Waals surface area contributed by atoms with Gasteiger partial charge in [0.1, 0.15) is 0 Å². The smallest absolute Gasteiger partial charge is 0.0908 e. The van der Waals surface area contributed by atoms with Crippen molar-refractivity contribution in [3.63, 3.8) is 0 Å². The van der Waals surface area contributed by atoms with Gasteiger partial charge in [-0.15, -0.1) is 11.6 Å². The predicted octanol–water partition coefficient (Wildman–Crippen LogP) is 4.33. The maximum Gasteiger partial charge on any atom is 0.0908 e. The van der Waals surface area contributed by atoms with Gasteiger partial charge in [0.25, 0.3) is 0 Å². The molecule has 1 aromatic carbocycles. The number of rotatable bonds is 5. The zero-order chi connectivity index (χ0) is 12.9. The average molecular weight is 255 g/mol. The van der Waals surface area contributed by atoms with Crippen molar-refractivity contribution in [3.05, 3.63) is 35.9 Å². The van der Waals surface area contributed by atoms with Gasteiger partial charge in [0.2, 0.25) is 0 Å². The molecule has 96 valence electrons. The summed E-state index contributed by atoms with van der Waals surface area (Å²) in [4.78, 5) is 0. The van der Waals surface area contributed by atoms with Crippen LogP contribution < -0.4 is 0 Å². The molecule has 17 heavy (non-hydrogen) atoms. The summed E-state index contributed by atoms with van der Waals surface area (Å²) in [7, 11) is 0. The number of hydrogen-bond donors (Lipinski definition) is 1. The van der Waals surface area contributed by atoms with Crippen LogP contribution in [-0.4, -0.2) is 11.0 Å². The Morgan fingerprint density at radius 2 is 1.59 bits per heavy atom. The van der Waals surface area contributed by atoms with E-state index in [1.807, 2.05) is 30.3 Å². The average Bonchev–Trinajstić information content (AvgIpc) is 2.27. The van der Waals surface area contributed by atoms with Crippen LogP contribution in [0.15, 0.2) is 30.3 Å². The van der Waals surface area contributed by atoms with E-state index in [2.05, 4.69) is 20.8 Å². The van der Waals surface area contributed by atoms with Crippen molar-refractivity contribution >= 4 is 11.6 Å². The predicted molar refractivity (Wildman–Crippen MR) is 74.4 cm³/mol. The van der Waals surface area contributed by atoms with Crippen molar-refractivity contribution in [1.29, 1.82) is 0 Å². The van der Waals surface area contributed by atoms with Crippen LogP contribution in [0.5, 0.6) is 0 Å². The van der Waals surface area contributed by atoms with Crippen LogP contribution >= 0.6 is 11.6 Å². The van der Waals surface area contributed by atoms with E-state index in [4.69, 9.17) is 11.6 Å². The van der Waals surface area contributed by atoms with E-state index in [-0.39, 0.29) is 5.41 Å². The molecule has 0 aliphatic rings. The molecule has 0 fully saturated rings. The summed E-state index contributed by atoms with van der Waals surface area (Å²) >= 11 is 5.83. The number of alkyl halides is 1. The first-order valence-corrected chi connectivity index (χ1v) is 6.75. The number of halogens is 1. The van der Waals surface area contributed by atoms with Crippen LogP contribution in [0.3, 0.4) is 0 Å². The third-order valence-electron chi connectivity index (χ3n) is 3.11. The first kappa shape index (κ1) is 14.5. The normalized spacial score (nSPS) is 15.6. The Hall–Kier alpha value is -0.530. The van der Waals surface area contributed by atoms with Gasteiger partial charge in [-0.2, -0.15) is 0 Å². The van der Waals surface area contributed by atoms with Crippen LogP contribution in [0, 0.1) is 5.41 Å². The molecular weight excluding hydrogens is 232 g/mol. The standard InChI is InChI=1S/C15H23ClO/c1-14(2,3)9-10-15(17,11-12-16)13-7-5-4-6-8-13/h4-8,17H,9-12H2,1-3H3. The minimum absolute atomic E-state index is 0.231. The fourth-order valence-corrected chi connectivity index (χ4v) is 2.21. The highest BCUT2D eigenvalue weighted by Gasteiger charge is 2.29. The number of hydrogen-bond acceptors (Lipinski definition) is 1. The molecule has 1 atom stereocenters. The van der Waals surface area contributed by atoms with E-state index in [0.29, 0.717) is 12.3 Å². The Bertz CT molecular complexity index is 329. The summed E-state index contributed by atoms with van der Waals surface area (Å²) in [5, 5.41) is 10.8. The lowest BCUT2D eigenvalue weighted by Crippen LogP contribution is -2.28. The van der Waals surface area contributed by atoms with Crippen molar-refractivity contribution < 1.29 is 5.11 Å². The molecule has 0 bridgehead atoms. The molecule has 0 saturated carbocycles. The summed E-state index contributed by atoms with van der Waals surface area (Å²) in [6.45, 7) is 6.58. The maximum atomic E-state index is 10.8. The van der Waals surface area contributed by atoms with E-state index in [1.54, 1.807) is 0 Å². The first-order valence-electron chi connectivity index (χ1n) is 6.21. The Kier molecular flexibility index (Phi) is 5.03. The Morgan fingerprint density at radius 3 is 2.06 bits per heavy atom. The maximum absolute atomic E-state index is 10.8. The molecule has 1 aromatic rings. The Morgan fingerprint density at radius 1 is 1.00 bits per heavy atom. The molecule has 0 amide bonds. The number of benzene rings is 1. The van der Waals surface area contributed by atoms with Gasteiger partial charge in [-0.25, -0.2) is 0 Å². The summed E-state index contributed by atoms with van der Waals surface area (Å²) in [5.74, 6) is 0.482. The monoisotopic (exact) mass is 254 g/mol. The lowest BCUT2D eigenvalue weighted by molar-refractivity contribution is 0.0136. The van der Waals surface area contributed by atoms with Crippen LogP contribution in [0.25, 0.3) is 0 Å². The largest absolute Gasteiger partial charge is 0.385 e. The molecule has 0 spiro atoms. The highest BCUT2D eigenvalue weighted by atomic mass is 35.5. The van der Waals surface area contributed by atoms with Crippen molar-refractivity contribution in [2.75, 3.05) is 5.88 Å². The molecule has 2 heteroatoms. The van der Waals surface area contributed by atoms with Crippen LogP contribution in [0.1, 0.15) is 45.6 Å². The van der Waals surface area contributed by atoms with Crippen LogP contribution in [0.2, 0.25) is 0 Å². The van der Waals surface area contributed by atoms with Crippen molar-refractivity contribution in [3.8, 4) is 0 Å². The van der Waals surface area contributed by atoms with Gasteiger partial charge in [0.05, 0.1) is 5.60 Å². The summed E-state index contributed by atoms with van der Waals surface area (Å²) in [5.41, 5.74) is 0.427. The summed E-state index contributed by atoms with van der Waals surface area (Å²) < 4.78 is 0. The van der Waals surface area contributed by atoms with Crippen molar-refractivity contribution in [2.24, 2.45) is 5.41 Å². The molecule has 1 rings (SSSR count). The molecule has 0 saturated heterocycles. The summed E-state index contributed by atoms with van der Waals surface area (Å²) in [6.07, 6.45) is 2.34. The third kappa shape index (κ3) is 4.69. The molecule has 1 unspecified atom stereocenters. The second-order valence-corrected chi connectivity index (χ2v) is 6.28. The second-order valence-electron chi connectivity index (χ2n) is 5.90. The minimum Gasteiger partial charge on any atom is -0.385 e. The van der Waals surface area contributed by atoms with Gasteiger partial charge < -0.3 is 5.11 Å². The molecule has 0 radical (unpaired) electrons. The second kappa shape index (κ2) is 5.88. The van der Waals surface area contributed by atoms with Crippen molar-refractivity contribution in [2.45, 2.75) is 45.6 Å². The van der Waals surface area contributed by atoms with Gasteiger partial charge >= 0.3 is 0 Å². The zero-order valence-electron chi connectivity index (χ0n) is 11.0. The molecule has 0 aliphatic heterocycles.